The third-order valence-corrected chi connectivity index (χ3v) is 5.49. The molecule has 3 rings (SSSR count). The SMILES string of the molecule is Cc1c(C(=O)C(=O)NC2(C#CC(C)O)COC2)c(C)n(C)c1C(=O)Nc1ccc(F)c(C#N)c1. The minimum atomic E-state index is -1.07. The maximum Gasteiger partial charge on any atom is 0.293 e. The molecule has 1 aromatic carbocycles. The van der Waals surface area contributed by atoms with E-state index in [2.05, 4.69) is 22.5 Å². The van der Waals surface area contributed by atoms with Crippen molar-refractivity contribution in [1.82, 2.24) is 9.88 Å². The smallest absolute Gasteiger partial charge is 0.293 e. The van der Waals surface area contributed by atoms with Gasteiger partial charge in [0.15, 0.2) is 0 Å². The number of hydrogen-bond donors (Lipinski definition) is 3. The molecule has 9 nitrogen and oxygen atoms in total. The lowest BCUT2D eigenvalue weighted by Gasteiger charge is -2.37. The first kappa shape index (κ1) is 24.6. The number of ketones is 1. The molecule has 0 aliphatic carbocycles. The maximum absolute atomic E-state index is 13.6. The van der Waals surface area contributed by atoms with Crippen LogP contribution in [0.25, 0.3) is 0 Å². The zero-order valence-electron chi connectivity index (χ0n) is 19.1. The minimum Gasteiger partial charge on any atom is -0.381 e. The fourth-order valence-corrected chi connectivity index (χ4v) is 3.62. The molecule has 176 valence electrons. The molecule has 3 N–H and O–H groups in total. The number of aliphatic hydroxyl groups is 1. The number of benzene rings is 1. The van der Waals surface area contributed by atoms with Crippen molar-refractivity contribution in [2.75, 3.05) is 18.5 Å². The van der Waals surface area contributed by atoms with Crippen LogP contribution in [0.4, 0.5) is 10.1 Å². The Kier molecular flexibility index (Phi) is 6.87. The topological polar surface area (TPSA) is 133 Å². The van der Waals surface area contributed by atoms with Gasteiger partial charge in [-0.1, -0.05) is 11.8 Å². The van der Waals surface area contributed by atoms with E-state index < -0.39 is 35.1 Å². The van der Waals surface area contributed by atoms with Crippen LogP contribution in [-0.4, -0.2) is 52.1 Å². The van der Waals surface area contributed by atoms with Gasteiger partial charge >= 0.3 is 0 Å². The Hall–Kier alpha value is -3.99. The van der Waals surface area contributed by atoms with Gasteiger partial charge in [0.25, 0.3) is 17.6 Å². The van der Waals surface area contributed by atoms with Crippen LogP contribution >= 0.6 is 0 Å². The molecule has 1 fully saturated rings. The molecule has 0 radical (unpaired) electrons. The molecule has 2 heterocycles. The summed E-state index contributed by atoms with van der Waals surface area (Å²) in [4.78, 5) is 38.8. The van der Waals surface area contributed by atoms with E-state index in [4.69, 9.17) is 10.00 Å². The summed E-state index contributed by atoms with van der Waals surface area (Å²) in [5.74, 6) is 2.24. The fraction of sp³-hybridized carbons (Fsp3) is 0.333. The van der Waals surface area contributed by atoms with Gasteiger partial charge in [0.1, 0.15) is 29.2 Å². The number of aliphatic hydroxyl groups excluding tert-OH is 1. The number of anilines is 1. The largest absolute Gasteiger partial charge is 0.381 e. The molecule has 1 atom stereocenters. The number of nitriles is 1. The van der Waals surface area contributed by atoms with Crippen molar-refractivity contribution >= 4 is 23.3 Å². The first-order valence-electron chi connectivity index (χ1n) is 10.3. The number of Topliss-reactive ketones (excluding diaryl/α,β-unsaturated/α-hetero) is 1. The quantitative estimate of drug-likeness (QED) is 0.346. The second-order valence-corrected chi connectivity index (χ2v) is 8.06. The summed E-state index contributed by atoms with van der Waals surface area (Å²) in [6.07, 6.45) is -0.907. The van der Waals surface area contributed by atoms with Gasteiger partial charge in [0, 0.05) is 18.4 Å². The molecule has 1 saturated heterocycles. The van der Waals surface area contributed by atoms with E-state index in [0.717, 1.165) is 6.07 Å². The number of nitrogens with zero attached hydrogens (tertiary/aromatic N) is 2. The lowest BCUT2D eigenvalue weighted by molar-refractivity contribution is -0.124. The average Bonchev–Trinajstić information content (AvgIpc) is 2.98. The van der Waals surface area contributed by atoms with E-state index in [1.54, 1.807) is 27.0 Å². The third-order valence-electron chi connectivity index (χ3n) is 5.49. The van der Waals surface area contributed by atoms with Crippen molar-refractivity contribution in [3.63, 3.8) is 0 Å². The highest BCUT2D eigenvalue weighted by molar-refractivity contribution is 6.44. The van der Waals surface area contributed by atoms with Crippen LogP contribution in [0, 0.1) is 42.8 Å². The summed E-state index contributed by atoms with van der Waals surface area (Å²) in [5.41, 5.74) is -0.203. The number of amides is 2. The van der Waals surface area contributed by atoms with Gasteiger partial charge in [-0.25, -0.2) is 4.39 Å². The van der Waals surface area contributed by atoms with Crippen LogP contribution in [-0.2, 0) is 16.6 Å². The molecule has 1 aromatic heterocycles. The average molecular weight is 466 g/mol. The summed E-state index contributed by atoms with van der Waals surface area (Å²) >= 11 is 0. The summed E-state index contributed by atoms with van der Waals surface area (Å²) < 4.78 is 20.2. The van der Waals surface area contributed by atoms with Crippen LogP contribution in [0.3, 0.4) is 0 Å². The van der Waals surface area contributed by atoms with Gasteiger partial charge in [-0.15, -0.1) is 0 Å². The molecule has 10 heteroatoms. The molecule has 1 aliphatic rings. The highest BCUT2D eigenvalue weighted by Gasteiger charge is 2.41. The highest BCUT2D eigenvalue weighted by atomic mass is 19.1. The number of aromatic nitrogens is 1. The first-order valence-corrected chi connectivity index (χ1v) is 10.3. The van der Waals surface area contributed by atoms with Crippen molar-refractivity contribution in [3.8, 4) is 17.9 Å². The van der Waals surface area contributed by atoms with Crippen LogP contribution in [0.15, 0.2) is 18.2 Å². The molecule has 1 aliphatic heterocycles. The standard InChI is InChI=1S/C24H23FN4O5/c1-13(30)7-8-24(11-34-12-24)28-23(33)21(31)19-14(2)20(29(4)15(19)3)22(32)27-17-5-6-18(25)16(9-17)10-26/h5-6,9,13,30H,11-12H2,1-4H3,(H,27,32)(H,28,33). The first-order chi connectivity index (χ1) is 16.0. The molecule has 1 unspecified atom stereocenters. The molecule has 34 heavy (non-hydrogen) atoms. The second-order valence-electron chi connectivity index (χ2n) is 8.06. The van der Waals surface area contributed by atoms with E-state index in [1.807, 2.05) is 0 Å². The molecule has 2 amide bonds. The van der Waals surface area contributed by atoms with E-state index in [1.165, 1.54) is 23.6 Å². The van der Waals surface area contributed by atoms with E-state index >= 15 is 0 Å². The Morgan fingerprint density at radius 2 is 1.97 bits per heavy atom. The Morgan fingerprint density at radius 1 is 1.29 bits per heavy atom. The molecular weight excluding hydrogens is 443 g/mol. The number of carbonyl (C=O) groups excluding carboxylic acids is 3. The van der Waals surface area contributed by atoms with Crippen LogP contribution in [0.1, 0.15) is 44.6 Å². The van der Waals surface area contributed by atoms with Crippen LogP contribution in [0.2, 0.25) is 0 Å². The maximum atomic E-state index is 13.6. The summed E-state index contributed by atoms with van der Waals surface area (Å²) in [6, 6.07) is 5.28. The fourth-order valence-electron chi connectivity index (χ4n) is 3.62. The zero-order chi connectivity index (χ0) is 25.2. The number of carbonyl (C=O) groups is 3. The van der Waals surface area contributed by atoms with Gasteiger partial charge in [-0.3, -0.25) is 14.4 Å². The molecule has 0 saturated carbocycles. The lowest BCUT2D eigenvalue weighted by Crippen LogP contribution is -2.62. The van der Waals surface area contributed by atoms with Gasteiger partial charge in [-0.05, 0) is 44.5 Å². The molecule has 0 spiro atoms. The molecule has 0 bridgehead atoms. The Morgan fingerprint density at radius 3 is 2.53 bits per heavy atom. The highest BCUT2D eigenvalue weighted by Crippen LogP contribution is 2.24. The number of nitrogens with one attached hydrogen (secondary N) is 2. The Bertz CT molecular complexity index is 1290. The number of rotatable bonds is 5. The normalized spacial score (nSPS) is 14.6. The lowest BCUT2D eigenvalue weighted by atomic mass is 9.96. The van der Waals surface area contributed by atoms with E-state index in [9.17, 15) is 23.9 Å². The summed E-state index contributed by atoms with van der Waals surface area (Å²) in [5, 5.41) is 23.5. The predicted molar refractivity (Wildman–Crippen MR) is 119 cm³/mol. The predicted octanol–water partition coefficient (Wildman–Crippen LogP) is 1.36. The summed E-state index contributed by atoms with van der Waals surface area (Å²) in [7, 11) is 1.58. The van der Waals surface area contributed by atoms with Gasteiger partial charge in [-0.2, -0.15) is 5.26 Å². The summed E-state index contributed by atoms with van der Waals surface area (Å²) in [6.45, 7) is 4.78. The number of halogens is 1. The zero-order valence-corrected chi connectivity index (χ0v) is 19.1. The minimum absolute atomic E-state index is 0.0702. The monoisotopic (exact) mass is 466 g/mol. The van der Waals surface area contributed by atoms with Crippen molar-refractivity contribution < 1.29 is 28.6 Å². The molecule has 2 aromatic rings. The van der Waals surface area contributed by atoms with Crippen LogP contribution in [0.5, 0.6) is 0 Å². The van der Waals surface area contributed by atoms with Gasteiger partial charge in [0.05, 0.1) is 24.3 Å². The van der Waals surface area contributed by atoms with E-state index in [0.29, 0.717) is 5.69 Å². The van der Waals surface area contributed by atoms with Crippen LogP contribution < -0.4 is 10.6 Å². The Balaban J connectivity index is 1.86. The van der Waals surface area contributed by atoms with Crippen molar-refractivity contribution in [2.24, 2.45) is 7.05 Å². The van der Waals surface area contributed by atoms with E-state index in [-0.39, 0.29) is 41.3 Å². The number of hydrogen-bond acceptors (Lipinski definition) is 6. The van der Waals surface area contributed by atoms with Crippen molar-refractivity contribution in [2.45, 2.75) is 32.4 Å². The number of ether oxygens (including phenoxy) is 1. The van der Waals surface area contributed by atoms with Gasteiger partial charge in [0.2, 0.25) is 0 Å². The molecular formula is C24H23FN4O5. The van der Waals surface area contributed by atoms with Gasteiger partial charge < -0.3 is 25.0 Å². The second kappa shape index (κ2) is 9.48. The third kappa shape index (κ3) is 4.69. The Labute approximate surface area is 195 Å². The van der Waals surface area contributed by atoms with Crippen molar-refractivity contribution in [3.05, 3.63) is 52.1 Å². The van der Waals surface area contributed by atoms with Crippen molar-refractivity contribution in [1.29, 1.82) is 5.26 Å².